The fourth-order valence-electron chi connectivity index (χ4n) is 3.81. The first-order valence-electron chi connectivity index (χ1n) is 10.6. The van der Waals surface area contributed by atoms with E-state index in [1.165, 1.54) is 42.5 Å². The Labute approximate surface area is 196 Å². The lowest BCUT2D eigenvalue weighted by atomic mass is 9.99. The molecule has 1 aromatic heterocycles. The maximum Gasteiger partial charge on any atom is 0.337 e. The first-order chi connectivity index (χ1) is 16.3. The third-order valence-corrected chi connectivity index (χ3v) is 5.32. The van der Waals surface area contributed by atoms with Crippen molar-refractivity contribution in [1.82, 2.24) is 0 Å². The lowest BCUT2D eigenvalue weighted by molar-refractivity contribution is -0.132. The molecule has 0 spiro atoms. The van der Waals surface area contributed by atoms with E-state index in [-0.39, 0.29) is 17.4 Å². The van der Waals surface area contributed by atoms with Gasteiger partial charge in [-0.3, -0.25) is 14.5 Å². The number of methoxy groups -OCH3 is 1. The van der Waals surface area contributed by atoms with Gasteiger partial charge in [-0.05, 0) is 74.5 Å². The third-order valence-electron chi connectivity index (χ3n) is 5.32. The predicted molar refractivity (Wildman–Crippen MR) is 123 cm³/mol. The number of Topliss-reactive ketones (excluding diaryl/α,β-unsaturated/α-hetero) is 1. The number of furan rings is 1. The number of carbonyl (C=O) groups excluding carboxylic acids is 3. The van der Waals surface area contributed by atoms with Crippen molar-refractivity contribution >= 4 is 29.1 Å². The highest BCUT2D eigenvalue weighted by atomic mass is 16.5. The lowest BCUT2D eigenvalue weighted by Crippen LogP contribution is -2.29. The molecule has 8 nitrogen and oxygen atoms in total. The second-order valence-electron chi connectivity index (χ2n) is 7.91. The van der Waals surface area contributed by atoms with Crippen molar-refractivity contribution in [3.63, 3.8) is 0 Å². The van der Waals surface area contributed by atoms with Crippen LogP contribution >= 0.6 is 0 Å². The normalized spacial score (nSPS) is 17.3. The fraction of sp³-hybridized carbons (Fsp3) is 0.192. The number of anilines is 1. The summed E-state index contributed by atoms with van der Waals surface area (Å²) in [6.45, 7) is 3.80. The van der Waals surface area contributed by atoms with Gasteiger partial charge in [0.15, 0.2) is 0 Å². The Hall–Kier alpha value is -4.33. The molecule has 34 heavy (non-hydrogen) atoms. The van der Waals surface area contributed by atoms with Gasteiger partial charge in [0, 0.05) is 11.3 Å². The average Bonchev–Trinajstić information content (AvgIpc) is 3.45. The minimum Gasteiger partial charge on any atom is -0.507 e. The summed E-state index contributed by atoms with van der Waals surface area (Å²) in [4.78, 5) is 39.2. The number of amides is 1. The zero-order valence-electron chi connectivity index (χ0n) is 18.8. The molecule has 1 fully saturated rings. The molecule has 174 valence electrons. The number of ether oxygens (including phenoxy) is 2. The molecule has 8 heteroatoms. The highest BCUT2D eigenvalue weighted by Crippen LogP contribution is 2.42. The van der Waals surface area contributed by atoms with E-state index in [2.05, 4.69) is 0 Å². The Balaban J connectivity index is 1.79. The van der Waals surface area contributed by atoms with Crippen LogP contribution in [0.3, 0.4) is 0 Å². The molecular weight excluding hydrogens is 438 g/mol. The molecule has 2 aromatic carbocycles. The van der Waals surface area contributed by atoms with Gasteiger partial charge in [-0.15, -0.1) is 0 Å². The quantitative estimate of drug-likeness (QED) is 0.250. The second kappa shape index (κ2) is 9.27. The van der Waals surface area contributed by atoms with Crippen molar-refractivity contribution in [2.75, 3.05) is 12.0 Å². The molecule has 4 rings (SSSR count). The summed E-state index contributed by atoms with van der Waals surface area (Å²) in [5, 5.41) is 11.1. The Morgan fingerprint density at radius 3 is 2.21 bits per heavy atom. The van der Waals surface area contributed by atoms with Crippen molar-refractivity contribution in [3.05, 3.63) is 89.4 Å². The van der Waals surface area contributed by atoms with Gasteiger partial charge in [-0.25, -0.2) is 4.79 Å². The van der Waals surface area contributed by atoms with Crippen molar-refractivity contribution in [2.45, 2.75) is 26.0 Å². The molecule has 1 amide bonds. The molecule has 3 aromatic rings. The van der Waals surface area contributed by atoms with Gasteiger partial charge in [0.25, 0.3) is 11.7 Å². The summed E-state index contributed by atoms with van der Waals surface area (Å²) in [7, 11) is 1.27. The van der Waals surface area contributed by atoms with Crippen LogP contribution in [0.2, 0.25) is 0 Å². The number of carbonyl (C=O) groups is 3. The van der Waals surface area contributed by atoms with Gasteiger partial charge in [-0.2, -0.15) is 0 Å². The number of hydrogen-bond acceptors (Lipinski definition) is 7. The largest absolute Gasteiger partial charge is 0.507 e. The maximum atomic E-state index is 13.1. The Kier molecular flexibility index (Phi) is 6.23. The van der Waals surface area contributed by atoms with E-state index in [9.17, 15) is 19.5 Å². The SMILES string of the molecule is COC(=O)c1ccc(N2C(=O)C(=O)/C(=C(\O)c3ccc(OC(C)C)cc3)C2c2ccco2)cc1. The number of aliphatic hydroxyl groups is 1. The molecule has 2 heterocycles. The maximum absolute atomic E-state index is 13.1. The van der Waals surface area contributed by atoms with Gasteiger partial charge in [-0.1, -0.05) is 0 Å². The van der Waals surface area contributed by atoms with Crippen molar-refractivity contribution in [2.24, 2.45) is 0 Å². The predicted octanol–water partition coefficient (Wildman–Crippen LogP) is 4.48. The van der Waals surface area contributed by atoms with Gasteiger partial charge in [0.1, 0.15) is 23.3 Å². The van der Waals surface area contributed by atoms with E-state index in [0.717, 1.165) is 0 Å². The van der Waals surface area contributed by atoms with E-state index in [1.54, 1.807) is 36.4 Å². The van der Waals surface area contributed by atoms with Crippen LogP contribution in [0.4, 0.5) is 5.69 Å². The van der Waals surface area contributed by atoms with Crippen LogP contribution in [0.25, 0.3) is 5.76 Å². The van der Waals surface area contributed by atoms with Gasteiger partial charge in [0.2, 0.25) is 0 Å². The minimum atomic E-state index is -0.995. The molecule has 1 atom stereocenters. The van der Waals surface area contributed by atoms with Crippen LogP contribution in [0.5, 0.6) is 5.75 Å². The topological polar surface area (TPSA) is 106 Å². The molecule has 1 unspecified atom stereocenters. The fourth-order valence-corrected chi connectivity index (χ4v) is 3.81. The Morgan fingerprint density at radius 2 is 1.65 bits per heavy atom. The van der Waals surface area contributed by atoms with E-state index >= 15 is 0 Å². The number of rotatable bonds is 6. The lowest BCUT2D eigenvalue weighted by Gasteiger charge is -2.23. The second-order valence-corrected chi connectivity index (χ2v) is 7.91. The van der Waals surface area contributed by atoms with Crippen molar-refractivity contribution < 1.29 is 33.4 Å². The molecular formula is C26H23NO7. The molecule has 1 aliphatic heterocycles. The van der Waals surface area contributed by atoms with E-state index in [1.807, 2.05) is 13.8 Å². The van der Waals surface area contributed by atoms with Crippen LogP contribution < -0.4 is 9.64 Å². The Bertz CT molecular complexity index is 1240. The number of benzene rings is 2. The first kappa shape index (κ1) is 22.8. The van der Waals surface area contributed by atoms with E-state index < -0.39 is 23.7 Å². The molecule has 1 saturated heterocycles. The summed E-state index contributed by atoms with van der Waals surface area (Å²) < 4.78 is 15.9. The summed E-state index contributed by atoms with van der Waals surface area (Å²) in [5.41, 5.74) is 0.901. The molecule has 0 saturated carbocycles. The molecule has 1 N–H and O–H groups in total. The zero-order valence-corrected chi connectivity index (χ0v) is 18.8. The summed E-state index contributed by atoms with van der Waals surface area (Å²) in [5.74, 6) is -1.62. The number of nitrogens with zero attached hydrogens (tertiary/aromatic N) is 1. The third kappa shape index (κ3) is 4.17. The number of esters is 1. The average molecular weight is 461 g/mol. The van der Waals surface area contributed by atoms with Gasteiger partial charge < -0.3 is 19.0 Å². The first-order valence-corrected chi connectivity index (χ1v) is 10.6. The van der Waals surface area contributed by atoms with Crippen LogP contribution in [-0.2, 0) is 14.3 Å². The summed E-state index contributed by atoms with van der Waals surface area (Å²) >= 11 is 0. The minimum absolute atomic E-state index is 0.0192. The molecule has 1 aliphatic rings. The smallest absolute Gasteiger partial charge is 0.337 e. The summed E-state index contributed by atoms with van der Waals surface area (Å²) in [6.07, 6.45) is 1.41. The highest BCUT2D eigenvalue weighted by molar-refractivity contribution is 6.51. The van der Waals surface area contributed by atoms with Gasteiger partial charge in [0.05, 0.1) is 30.6 Å². The highest BCUT2D eigenvalue weighted by Gasteiger charge is 2.48. The van der Waals surface area contributed by atoms with Crippen LogP contribution in [0, 0.1) is 0 Å². The molecule has 0 bridgehead atoms. The number of hydrogen-bond donors (Lipinski definition) is 1. The van der Waals surface area contributed by atoms with E-state index in [0.29, 0.717) is 28.3 Å². The summed E-state index contributed by atoms with van der Waals surface area (Å²) in [6, 6.07) is 14.9. The van der Waals surface area contributed by atoms with E-state index in [4.69, 9.17) is 13.9 Å². The van der Waals surface area contributed by atoms with Crippen molar-refractivity contribution in [3.8, 4) is 5.75 Å². The van der Waals surface area contributed by atoms with Crippen LogP contribution in [0.1, 0.15) is 41.6 Å². The molecule has 0 radical (unpaired) electrons. The number of ketones is 1. The van der Waals surface area contributed by atoms with Crippen LogP contribution in [0.15, 0.2) is 76.9 Å². The zero-order chi connectivity index (χ0) is 24.4. The molecule has 0 aliphatic carbocycles. The van der Waals surface area contributed by atoms with Crippen molar-refractivity contribution in [1.29, 1.82) is 0 Å². The standard InChI is InChI=1S/C26H23NO7/c1-15(2)34-19-12-8-16(9-13-19)23(28)21-22(20-5-4-14-33-20)27(25(30)24(21)29)18-10-6-17(7-11-18)26(31)32-3/h4-15,22,28H,1-3H3/b23-21-. The Morgan fingerprint density at radius 1 is 1.00 bits per heavy atom. The van der Waals surface area contributed by atoms with Gasteiger partial charge >= 0.3 is 5.97 Å². The monoisotopic (exact) mass is 461 g/mol. The number of aliphatic hydroxyl groups excluding tert-OH is 1. The van der Waals surface area contributed by atoms with Crippen LogP contribution in [-0.4, -0.2) is 36.0 Å².